The molecule has 4 nitrogen and oxygen atoms in total. The average Bonchev–Trinajstić information content (AvgIpc) is 2.50. The smallest absolute Gasteiger partial charge is 0.222 e. The number of likely N-dealkylation sites (N-methyl/N-ethyl adjacent to an activating group) is 1. The summed E-state index contributed by atoms with van der Waals surface area (Å²) in [5.74, 6) is 0.759. The van der Waals surface area contributed by atoms with Gasteiger partial charge >= 0.3 is 0 Å². The van der Waals surface area contributed by atoms with E-state index in [9.17, 15) is 4.79 Å². The summed E-state index contributed by atoms with van der Waals surface area (Å²) in [6.07, 6.45) is 2.67. The van der Waals surface area contributed by atoms with Gasteiger partial charge in [0, 0.05) is 26.1 Å². The average molecular weight is 227 g/mol. The van der Waals surface area contributed by atoms with E-state index >= 15 is 0 Å². The Morgan fingerprint density at radius 3 is 2.75 bits per heavy atom. The van der Waals surface area contributed by atoms with E-state index in [-0.39, 0.29) is 0 Å². The standard InChI is InChI=1S/C12H25N3O/c1-11(10-13)4-5-12(16)15-7-3-6-14(2)8-9-15/h11H,3-10,13H2,1-2H3. The monoisotopic (exact) mass is 227 g/mol. The molecule has 2 N–H and O–H groups in total. The van der Waals surface area contributed by atoms with Gasteiger partial charge in [-0.1, -0.05) is 6.92 Å². The lowest BCUT2D eigenvalue weighted by Gasteiger charge is -2.21. The predicted octanol–water partition coefficient (Wildman–Crippen LogP) is 0.526. The van der Waals surface area contributed by atoms with Crippen molar-refractivity contribution in [1.29, 1.82) is 0 Å². The van der Waals surface area contributed by atoms with Gasteiger partial charge in [0.25, 0.3) is 0 Å². The summed E-state index contributed by atoms with van der Waals surface area (Å²) < 4.78 is 0. The minimum Gasteiger partial charge on any atom is -0.341 e. The largest absolute Gasteiger partial charge is 0.341 e. The lowest BCUT2D eigenvalue weighted by Crippen LogP contribution is -2.34. The fourth-order valence-corrected chi connectivity index (χ4v) is 1.94. The molecule has 1 aliphatic rings. The summed E-state index contributed by atoms with van der Waals surface area (Å²) in [6.45, 7) is 6.67. The first-order valence-electron chi connectivity index (χ1n) is 6.30. The molecule has 0 saturated carbocycles. The molecule has 1 fully saturated rings. The molecule has 1 unspecified atom stereocenters. The second-order valence-corrected chi connectivity index (χ2v) is 4.92. The Kier molecular flexibility index (Phi) is 5.77. The highest BCUT2D eigenvalue weighted by Crippen LogP contribution is 2.08. The van der Waals surface area contributed by atoms with Gasteiger partial charge in [0.05, 0.1) is 0 Å². The van der Waals surface area contributed by atoms with Crippen LogP contribution in [-0.4, -0.2) is 55.5 Å². The van der Waals surface area contributed by atoms with Gasteiger partial charge in [-0.2, -0.15) is 0 Å². The SMILES string of the molecule is CC(CN)CCC(=O)N1CCCN(C)CC1. The molecule has 1 atom stereocenters. The normalized spacial score (nSPS) is 20.6. The van der Waals surface area contributed by atoms with Crippen molar-refractivity contribution < 1.29 is 4.79 Å². The number of nitrogens with two attached hydrogens (primary N) is 1. The number of hydrogen-bond donors (Lipinski definition) is 1. The van der Waals surface area contributed by atoms with Crippen molar-refractivity contribution in [2.75, 3.05) is 39.8 Å². The Bertz CT molecular complexity index is 220. The van der Waals surface area contributed by atoms with Gasteiger partial charge < -0.3 is 15.5 Å². The van der Waals surface area contributed by atoms with Gasteiger partial charge in [0.2, 0.25) is 5.91 Å². The van der Waals surface area contributed by atoms with Crippen molar-refractivity contribution in [2.45, 2.75) is 26.2 Å². The summed E-state index contributed by atoms with van der Waals surface area (Å²) in [7, 11) is 2.12. The molecule has 94 valence electrons. The van der Waals surface area contributed by atoms with E-state index in [4.69, 9.17) is 5.73 Å². The van der Waals surface area contributed by atoms with Crippen LogP contribution >= 0.6 is 0 Å². The van der Waals surface area contributed by atoms with Crippen LogP contribution in [-0.2, 0) is 4.79 Å². The van der Waals surface area contributed by atoms with Crippen LogP contribution in [0.5, 0.6) is 0 Å². The maximum atomic E-state index is 11.9. The lowest BCUT2D eigenvalue weighted by atomic mass is 10.1. The van der Waals surface area contributed by atoms with Crippen LogP contribution in [0.15, 0.2) is 0 Å². The Hall–Kier alpha value is -0.610. The molecule has 1 rings (SSSR count). The van der Waals surface area contributed by atoms with Crippen LogP contribution in [0.3, 0.4) is 0 Å². The molecule has 1 heterocycles. The fraction of sp³-hybridized carbons (Fsp3) is 0.917. The van der Waals surface area contributed by atoms with Crippen LogP contribution in [0.4, 0.5) is 0 Å². The molecule has 16 heavy (non-hydrogen) atoms. The topological polar surface area (TPSA) is 49.6 Å². The number of amides is 1. The predicted molar refractivity (Wildman–Crippen MR) is 66.1 cm³/mol. The molecule has 0 aromatic heterocycles. The third kappa shape index (κ3) is 4.49. The second-order valence-electron chi connectivity index (χ2n) is 4.92. The number of nitrogens with zero attached hydrogens (tertiary/aromatic N) is 2. The number of carbonyl (C=O) groups is 1. The molecule has 0 aromatic carbocycles. The van der Waals surface area contributed by atoms with Crippen molar-refractivity contribution in [3.63, 3.8) is 0 Å². The highest BCUT2D eigenvalue weighted by molar-refractivity contribution is 5.76. The summed E-state index contributed by atoms with van der Waals surface area (Å²) >= 11 is 0. The summed E-state index contributed by atoms with van der Waals surface area (Å²) in [5, 5.41) is 0. The molecule has 1 saturated heterocycles. The zero-order chi connectivity index (χ0) is 12.0. The quantitative estimate of drug-likeness (QED) is 0.762. The molecular formula is C12H25N3O. The van der Waals surface area contributed by atoms with Gasteiger partial charge in [-0.15, -0.1) is 0 Å². The van der Waals surface area contributed by atoms with Gasteiger partial charge in [-0.25, -0.2) is 0 Å². The van der Waals surface area contributed by atoms with E-state index in [2.05, 4.69) is 18.9 Å². The first kappa shape index (κ1) is 13.5. The minimum atomic E-state index is 0.301. The first-order valence-corrected chi connectivity index (χ1v) is 6.30. The first-order chi connectivity index (χ1) is 7.63. The van der Waals surface area contributed by atoms with E-state index in [0.29, 0.717) is 24.8 Å². The highest BCUT2D eigenvalue weighted by Gasteiger charge is 2.17. The van der Waals surface area contributed by atoms with E-state index in [0.717, 1.165) is 39.0 Å². The van der Waals surface area contributed by atoms with Gasteiger partial charge in [-0.05, 0) is 38.9 Å². The summed E-state index contributed by atoms with van der Waals surface area (Å²) in [5.41, 5.74) is 5.55. The van der Waals surface area contributed by atoms with Gasteiger partial charge in [-0.3, -0.25) is 4.79 Å². The van der Waals surface area contributed by atoms with Crippen molar-refractivity contribution in [2.24, 2.45) is 11.7 Å². The molecule has 0 spiro atoms. The van der Waals surface area contributed by atoms with Crippen LogP contribution in [0.1, 0.15) is 26.2 Å². The second kappa shape index (κ2) is 6.86. The van der Waals surface area contributed by atoms with Crippen LogP contribution in [0.2, 0.25) is 0 Å². The molecule has 0 radical (unpaired) electrons. The van der Waals surface area contributed by atoms with Crippen molar-refractivity contribution in [3.8, 4) is 0 Å². The van der Waals surface area contributed by atoms with E-state index in [1.165, 1.54) is 0 Å². The molecule has 1 amide bonds. The van der Waals surface area contributed by atoms with Crippen molar-refractivity contribution >= 4 is 5.91 Å². The molecular weight excluding hydrogens is 202 g/mol. The summed E-state index contributed by atoms with van der Waals surface area (Å²) in [6, 6.07) is 0. The van der Waals surface area contributed by atoms with E-state index in [1.54, 1.807) is 0 Å². The van der Waals surface area contributed by atoms with Crippen molar-refractivity contribution in [3.05, 3.63) is 0 Å². The van der Waals surface area contributed by atoms with Gasteiger partial charge in [0.1, 0.15) is 0 Å². The zero-order valence-electron chi connectivity index (χ0n) is 10.6. The van der Waals surface area contributed by atoms with E-state index in [1.807, 2.05) is 4.90 Å². The lowest BCUT2D eigenvalue weighted by molar-refractivity contribution is -0.131. The molecule has 0 bridgehead atoms. The number of hydrogen-bond acceptors (Lipinski definition) is 3. The minimum absolute atomic E-state index is 0.301. The fourth-order valence-electron chi connectivity index (χ4n) is 1.94. The Morgan fingerprint density at radius 2 is 2.06 bits per heavy atom. The number of rotatable bonds is 4. The van der Waals surface area contributed by atoms with E-state index < -0.39 is 0 Å². The third-order valence-electron chi connectivity index (χ3n) is 3.33. The Labute approximate surface area is 98.8 Å². The molecule has 0 aromatic rings. The Morgan fingerprint density at radius 1 is 1.31 bits per heavy atom. The molecule has 4 heteroatoms. The maximum Gasteiger partial charge on any atom is 0.222 e. The van der Waals surface area contributed by atoms with Crippen LogP contribution < -0.4 is 5.73 Å². The third-order valence-corrected chi connectivity index (χ3v) is 3.33. The molecule has 1 aliphatic heterocycles. The maximum absolute atomic E-state index is 11.9. The molecule has 0 aliphatic carbocycles. The highest BCUT2D eigenvalue weighted by atomic mass is 16.2. The zero-order valence-corrected chi connectivity index (χ0v) is 10.6. The van der Waals surface area contributed by atoms with Crippen LogP contribution in [0.25, 0.3) is 0 Å². The van der Waals surface area contributed by atoms with Crippen molar-refractivity contribution in [1.82, 2.24) is 9.80 Å². The summed E-state index contributed by atoms with van der Waals surface area (Å²) in [4.78, 5) is 16.2. The van der Waals surface area contributed by atoms with Crippen LogP contribution in [0, 0.1) is 5.92 Å². The van der Waals surface area contributed by atoms with Gasteiger partial charge in [0.15, 0.2) is 0 Å². The Balaban J connectivity index is 2.29. The number of carbonyl (C=O) groups excluding carboxylic acids is 1.